The molecule has 1 aliphatic carbocycles. The maximum atomic E-state index is 12.6. The summed E-state index contributed by atoms with van der Waals surface area (Å²) in [5.74, 6) is 0. The van der Waals surface area contributed by atoms with Crippen LogP contribution in [-0.2, 0) is 16.4 Å². The lowest BCUT2D eigenvalue weighted by atomic mass is 10.1. The molecule has 2 aromatic rings. The van der Waals surface area contributed by atoms with E-state index in [1.54, 1.807) is 13.8 Å². The van der Waals surface area contributed by atoms with E-state index < -0.39 is 14.9 Å². The number of hydrogen-bond donors (Lipinski definition) is 1. The van der Waals surface area contributed by atoms with Crippen molar-refractivity contribution in [2.45, 2.75) is 31.6 Å². The Morgan fingerprint density at radius 3 is 2.54 bits per heavy atom. The molecule has 2 aromatic carbocycles. The molecular weight excluding hydrogens is 380 g/mol. The fraction of sp³-hybridized carbons (Fsp3) is 0.316. The highest BCUT2D eigenvalue weighted by molar-refractivity contribution is 7.89. The molecular formula is C19H22N4O4S. The van der Waals surface area contributed by atoms with Crippen molar-refractivity contribution in [3.8, 4) is 0 Å². The lowest BCUT2D eigenvalue weighted by Gasteiger charge is -2.18. The van der Waals surface area contributed by atoms with Crippen LogP contribution in [0.15, 0.2) is 52.5 Å². The average Bonchev–Trinajstić information content (AvgIpc) is 3.10. The largest absolute Gasteiger partial charge is 0.295 e. The molecule has 0 aliphatic heterocycles. The minimum absolute atomic E-state index is 0.104. The van der Waals surface area contributed by atoms with Crippen LogP contribution in [-0.4, -0.2) is 36.4 Å². The molecule has 28 heavy (non-hydrogen) atoms. The first-order valence-corrected chi connectivity index (χ1v) is 10.5. The van der Waals surface area contributed by atoms with E-state index in [0.717, 1.165) is 30.2 Å². The van der Waals surface area contributed by atoms with Crippen molar-refractivity contribution in [2.75, 3.05) is 18.5 Å². The maximum absolute atomic E-state index is 12.6. The van der Waals surface area contributed by atoms with Crippen LogP contribution in [0.1, 0.15) is 31.4 Å². The standard InChI is InChI=1S/C19H22N4O4S/c1-3-22(4-2)28(26,27)15-10-12-18(19(13-15)23(24)25)21-20-17-11-9-14-7-5-6-8-16(14)17/h5-8,10,12-13,21H,3-4,9,11H2,1-2H3/b20-17+. The first kappa shape index (κ1) is 20.0. The van der Waals surface area contributed by atoms with Gasteiger partial charge in [0.2, 0.25) is 10.0 Å². The second kappa shape index (κ2) is 8.07. The molecule has 0 heterocycles. The zero-order chi connectivity index (χ0) is 20.3. The molecule has 148 valence electrons. The lowest BCUT2D eigenvalue weighted by molar-refractivity contribution is -0.384. The molecule has 0 saturated heterocycles. The van der Waals surface area contributed by atoms with E-state index in [0.29, 0.717) is 13.1 Å². The molecule has 8 nitrogen and oxygen atoms in total. The highest BCUT2D eigenvalue weighted by Gasteiger charge is 2.26. The van der Waals surface area contributed by atoms with Gasteiger partial charge < -0.3 is 0 Å². The first-order valence-electron chi connectivity index (χ1n) is 9.08. The predicted octanol–water partition coefficient (Wildman–Crippen LogP) is 3.39. The number of nitro groups is 1. The van der Waals surface area contributed by atoms with Gasteiger partial charge in [-0.2, -0.15) is 9.41 Å². The van der Waals surface area contributed by atoms with Crippen LogP contribution in [0.2, 0.25) is 0 Å². The number of fused-ring (bicyclic) bond motifs is 1. The maximum Gasteiger partial charge on any atom is 0.295 e. The number of nitro benzene ring substituents is 1. The molecule has 0 atom stereocenters. The van der Waals surface area contributed by atoms with Crippen LogP contribution in [0.25, 0.3) is 0 Å². The van der Waals surface area contributed by atoms with Crippen molar-refractivity contribution in [1.82, 2.24) is 4.31 Å². The molecule has 1 aliphatic rings. The second-order valence-corrected chi connectivity index (χ2v) is 8.29. The van der Waals surface area contributed by atoms with Gasteiger partial charge in [0.05, 0.1) is 15.5 Å². The summed E-state index contributed by atoms with van der Waals surface area (Å²) in [6.07, 6.45) is 1.62. The van der Waals surface area contributed by atoms with Crippen LogP contribution in [0.5, 0.6) is 0 Å². The predicted molar refractivity (Wildman–Crippen MR) is 108 cm³/mol. The molecule has 0 aromatic heterocycles. The summed E-state index contributed by atoms with van der Waals surface area (Å²) in [7, 11) is -3.78. The van der Waals surface area contributed by atoms with Gasteiger partial charge in [0, 0.05) is 24.7 Å². The number of aryl methyl sites for hydroxylation is 1. The zero-order valence-electron chi connectivity index (χ0n) is 15.8. The molecule has 0 amide bonds. The van der Waals surface area contributed by atoms with Crippen LogP contribution in [0, 0.1) is 10.1 Å². The van der Waals surface area contributed by atoms with Crippen molar-refractivity contribution in [3.63, 3.8) is 0 Å². The third kappa shape index (κ3) is 3.76. The summed E-state index contributed by atoms with van der Waals surface area (Å²) < 4.78 is 26.5. The van der Waals surface area contributed by atoms with Gasteiger partial charge in [0.15, 0.2) is 0 Å². The lowest BCUT2D eigenvalue weighted by Crippen LogP contribution is -2.30. The Kier molecular flexibility index (Phi) is 5.76. The fourth-order valence-electron chi connectivity index (χ4n) is 3.28. The first-order chi connectivity index (χ1) is 13.4. The van der Waals surface area contributed by atoms with Gasteiger partial charge in [-0.15, -0.1) is 0 Å². The molecule has 9 heteroatoms. The molecule has 0 radical (unpaired) electrons. The monoisotopic (exact) mass is 402 g/mol. The van der Waals surface area contributed by atoms with E-state index >= 15 is 0 Å². The Balaban J connectivity index is 1.93. The van der Waals surface area contributed by atoms with Gasteiger partial charge in [0.25, 0.3) is 5.69 Å². The van der Waals surface area contributed by atoms with Crippen LogP contribution in [0.4, 0.5) is 11.4 Å². The normalized spacial score (nSPS) is 15.0. The summed E-state index contributed by atoms with van der Waals surface area (Å²) in [5.41, 5.74) is 5.62. The van der Waals surface area contributed by atoms with E-state index in [1.165, 1.54) is 22.0 Å². The Labute approximate surface area is 164 Å². The highest BCUT2D eigenvalue weighted by atomic mass is 32.2. The van der Waals surface area contributed by atoms with Crippen molar-refractivity contribution < 1.29 is 13.3 Å². The Hall–Kier alpha value is -2.78. The van der Waals surface area contributed by atoms with Gasteiger partial charge in [-0.25, -0.2) is 8.42 Å². The second-order valence-electron chi connectivity index (χ2n) is 6.35. The van der Waals surface area contributed by atoms with E-state index in [2.05, 4.69) is 10.5 Å². The van der Waals surface area contributed by atoms with Gasteiger partial charge in [-0.1, -0.05) is 38.1 Å². The Bertz CT molecular complexity index is 1030. The van der Waals surface area contributed by atoms with Gasteiger partial charge in [-0.05, 0) is 30.5 Å². The van der Waals surface area contributed by atoms with Crippen molar-refractivity contribution in [1.29, 1.82) is 0 Å². The van der Waals surface area contributed by atoms with Gasteiger partial charge in [-0.3, -0.25) is 15.5 Å². The van der Waals surface area contributed by atoms with Crippen LogP contribution in [0.3, 0.4) is 0 Å². The SMILES string of the molecule is CCN(CC)S(=O)(=O)c1ccc(N/N=C2\CCc3ccccc32)c([N+](=O)[O-])c1. The number of nitrogens with one attached hydrogen (secondary N) is 1. The molecule has 1 N–H and O–H groups in total. The minimum atomic E-state index is -3.78. The quantitative estimate of drug-likeness (QED) is 0.565. The van der Waals surface area contributed by atoms with Crippen LogP contribution < -0.4 is 5.43 Å². The van der Waals surface area contributed by atoms with Gasteiger partial charge >= 0.3 is 0 Å². The van der Waals surface area contributed by atoms with E-state index in [1.807, 2.05) is 24.3 Å². The molecule has 0 fully saturated rings. The molecule has 0 spiro atoms. The summed E-state index contributed by atoms with van der Waals surface area (Å²) in [5, 5.41) is 15.9. The number of hydrogen-bond acceptors (Lipinski definition) is 6. The summed E-state index contributed by atoms with van der Waals surface area (Å²) in [6.45, 7) is 4.03. The zero-order valence-corrected chi connectivity index (χ0v) is 16.6. The Morgan fingerprint density at radius 2 is 1.86 bits per heavy atom. The van der Waals surface area contributed by atoms with Crippen molar-refractivity contribution in [3.05, 3.63) is 63.7 Å². The number of nitrogens with zero attached hydrogens (tertiary/aromatic N) is 3. The third-order valence-corrected chi connectivity index (χ3v) is 6.83. The molecule has 3 rings (SSSR count). The fourth-order valence-corrected chi connectivity index (χ4v) is 4.76. The van der Waals surface area contributed by atoms with E-state index in [9.17, 15) is 18.5 Å². The van der Waals surface area contributed by atoms with E-state index in [4.69, 9.17) is 0 Å². The number of sulfonamides is 1. The van der Waals surface area contributed by atoms with Gasteiger partial charge in [0.1, 0.15) is 5.69 Å². The summed E-state index contributed by atoms with van der Waals surface area (Å²) >= 11 is 0. The summed E-state index contributed by atoms with van der Waals surface area (Å²) in [4.78, 5) is 10.8. The van der Waals surface area contributed by atoms with Crippen molar-refractivity contribution >= 4 is 27.1 Å². The average molecular weight is 402 g/mol. The minimum Gasteiger partial charge on any atom is -0.271 e. The molecule has 0 saturated carbocycles. The smallest absolute Gasteiger partial charge is 0.271 e. The number of hydrazone groups is 1. The van der Waals surface area contributed by atoms with E-state index in [-0.39, 0.29) is 16.3 Å². The molecule has 0 bridgehead atoms. The number of anilines is 1. The highest BCUT2D eigenvalue weighted by Crippen LogP contribution is 2.30. The van der Waals surface area contributed by atoms with Crippen molar-refractivity contribution in [2.24, 2.45) is 5.10 Å². The topological polar surface area (TPSA) is 105 Å². The summed E-state index contributed by atoms with van der Waals surface area (Å²) in [6, 6.07) is 11.7. The number of rotatable bonds is 7. The van der Waals surface area contributed by atoms with Crippen LogP contribution >= 0.6 is 0 Å². The number of benzene rings is 2. The molecule has 0 unspecified atom stereocenters. The third-order valence-electron chi connectivity index (χ3n) is 4.78. The Morgan fingerprint density at radius 1 is 1.14 bits per heavy atom.